The smallest absolute Gasteiger partial charge is 0.318 e. The van der Waals surface area contributed by atoms with E-state index in [0.29, 0.717) is 17.9 Å². The summed E-state index contributed by atoms with van der Waals surface area (Å²) < 4.78 is 31.7. The van der Waals surface area contributed by atoms with Crippen molar-refractivity contribution in [2.75, 3.05) is 6.54 Å². The maximum absolute atomic E-state index is 12.4. The van der Waals surface area contributed by atoms with Gasteiger partial charge in [-0.2, -0.15) is 4.72 Å². The predicted molar refractivity (Wildman–Crippen MR) is 118 cm³/mol. The zero-order chi connectivity index (χ0) is 23.0. The Morgan fingerprint density at radius 2 is 1.62 bits per heavy atom. The first-order chi connectivity index (χ1) is 15.3. The van der Waals surface area contributed by atoms with Crippen molar-refractivity contribution in [1.29, 1.82) is 0 Å². The molecule has 0 aliphatic carbocycles. The number of pyridine rings is 1. The van der Waals surface area contributed by atoms with Gasteiger partial charge in [-0.05, 0) is 65.7 Å². The molecule has 2 N–H and O–H groups in total. The van der Waals surface area contributed by atoms with Crippen LogP contribution in [0.15, 0.2) is 84.0 Å². The number of ketones is 1. The number of nitrogens with zero attached hydrogens (tertiary/aromatic N) is 1. The maximum Gasteiger partial charge on any atom is 0.318 e. The molecule has 32 heavy (non-hydrogen) atoms. The average molecular weight is 452 g/mol. The monoisotopic (exact) mass is 452 g/mol. The van der Waals surface area contributed by atoms with Crippen LogP contribution in [0.1, 0.15) is 21.5 Å². The fraction of sp³-hybridized carbons (Fsp3) is 0.0870. The third kappa shape index (κ3) is 6.59. The molecule has 1 heterocycles. The molecule has 0 aliphatic heterocycles. The van der Waals surface area contributed by atoms with Gasteiger partial charge in [0.2, 0.25) is 10.0 Å². The Labute approximate surface area is 185 Å². The van der Waals surface area contributed by atoms with Crippen LogP contribution >= 0.6 is 0 Å². The largest absolute Gasteiger partial charge is 0.489 e. The summed E-state index contributed by atoms with van der Waals surface area (Å²) in [5.74, 6) is -0.900. The molecule has 9 heteroatoms. The summed E-state index contributed by atoms with van der Waals surface area (Å²) in [6.45, 7) is -0.299. The zero-order valence-corrected chi connectivity index (χ0v) is 17.7. The van der Waals surface area contributed by atoms with Crippen molar-refractivity contribution < 1.29 is 27.9 Å². The lowest BCUT2D eigenvalue weighted by atomic mass is 10.1. The summed E-state index contributed by atoms with van der Waals surface area (Å²) in [5, 5.41) is 8.59. The highest BCUT2D eigenvalue weighted by Crippen LogP contribution is 2.16. The van der Waals surface area contributed by atoms with Crippen molar-refractivity contribution in [3.8, 4) is 5.75 Å². The second-order valence-corrected chi connectivity index (χ2v) is 8.42. The number of sulfonamides is 1. The van der Waals surface area contributed by atoms with Crippen LogP contribution in [0, 0.1) is 0 Å². The minimum Gasteiger partial charge on any atom is -0.489 e. The highest BCUT2D eigenvalue weighted by Gasteiger charge is 2.15. The van der Waals surface area contributed by atoms with E-state index in [1.807, 2.05) is 29.0 Å². The summed E-state index contributed by atoms with van der Waals surface area (Å²) in [6.07, 6.45) is 6.44. The van der Waals surface area contributed by atoms with E-state index in [4.69, 9.17) is 9.84 Å². The number of nitrogens with one attached hydrogen (secondary N) is 1. The standard InChI is InChI=1S/C23H20N2O6S/c26-22(19-4-8-21(9-5-19)32(29,30)25-15-23(27)28)10-3-17-1-6-20(7-2-17)31-16-18-11-13-24-14-12-18/h1-14,25H,15-16H2,(H,27,28)/b10-3+. The molecule has 0 amide bonds. The van der Waals surface area contributed by atoms with Gasteiger partial charge in [-0.3, -0.25) is 14.6 Å². The summed E-state index contributed by atoms with van der Waals surface area (Å²) in [6, 6.07) is 16.2. The Morgan fingerprint density at radius 1 is 0.969 bits per heavy atom. The van der Waals surface area contributed by atoms with Gasteiger partial charge in [-0.15, -0.1) is 0 Å². The molecule has 0 spiro atoms. The first-order valence-electron chi connectivity index (χ1n) is 9.49. The quantitative estimate of drug-likeness (QED) is 0.358. The predicted octanol–water partition coefficient (Wildman–Crippen LogP) is 2.92. The number of carbonyl (C=O) groups is 2. The van der Waals surface area contributed by atoms with Crippen molar-refractivity contribution in [3.63, 3.8) is 0 Å². The number of carboxylic acids is 1. The van der Waals surface area contributed by atoms with Gasteiger partial charge in [-0.25, -0.2) is 8.42 Å². The summed E-state index contributed by atoms with van der Waals surface area (Å²) in [4.78, 5) is 26.7. The summed E-state index contributed by atoms with van der Waals surface area (Å²) >= 11 is 0. The molecule has 8 nitrogen and oxygen atoms in total. The molecule has 3 aromatic rings. The molecular weight excluding hydrogens is 432 g/mol. The van der Waals surface area contributed by atoms with Crippen molar-refractivity contribution in [2.45, 2.75) is 11.5 Å². The van der Waals surface area contributed by atoms with Crippen LogP contribution in [0.5, 0.6) is 5.75 Å². The first-order valence-corrected chi connectivity index (χ1v) is 11.0. The molecule has 0 saturated heterocycles. The fourth-order valence-corrected chi connectivity index (χ4v) is 3.60. The van der Waals surface area contributed by atoms with Crippen LogP contribution in [0.2, 0.25) is 0 Å². The van der Waals surface area contributed by atoms with E-state index >= 15 is 0 Å². The van der Waals surface area contributed by atoms with Gasteiger partial charge in [0.15, 0.2) is 5.78 Å². The fourth-order valence-electron chi connectivity index (χ4n) is 2.63. The van der Waals surface area contributed by atoms with E-state index in [1.165, 1.54) is 30.3 Å². The van der Waals surface area contributed by atoms with Gasteiger partial charge in [0, 0.05) is 18.0 Å². The molecule has 0 saturated carbocycles. The molecule has 0 atom stereocenters. The number of carbonyl (C=O) groups excluding carboxylic acids is 1. The van der Waals surface area contributed by atoms with Gasteiger partial charge in [0.05, 0.1) is 4.90 Å². The number of allylic oxidation sites excluding steroid dienone is 1. The van der Waals surface area contributed by atoms with Crippen LogP contribution in [0.4, 0.5) is 0 Å². The van der Waals surface area contributed by atoms with Gasteiger partial charge < -0.3 is 9.84 Å². The molecule has 3 rings (SSSR count). The van der Waals surface area contributed by atoms with Gasteiger partial charge in [0.1, 0.15) is 18.9 Å². The van der Waals surface area contributed by atoms with Crippen molar-refractivity contribution in [3.05, 3.63) is 95.8 Å². The Balaban J connectivity index is 1.58. The molecule has 2 aromatic carbocycles. The number of hydrogen-bond acceptors (Lipinski definition) is 6. The second kappa shape index (κ2) is 10.5. The molecule has 164 valence electrons. The van der Waals surface area contributed by atoms with E-state index in [0.717, 1.165) is 11.1 Å². The van der Waals surface area contributed by atoms with Crippen molar-refractivity contribution >= 4 is 27.9 Å². The molecule has 0 aliphatic rings. The Hall–Kier alpha value is -3.82. The maximum atomic E-state index is 12.4. The molecule has 0 bridgehead atoms. The van der Waals surface area contributed by atoms with E-state index in [1.54, 1.807) is 30.6 Å². The lowest BCUT2D eigenvalue weighted by molar-refractivity contribution is -0.135. The second-order valence-electron chi connectivity index (χ2n) is 6.65. The average Bonchev–Trinajstić information content (AvgIpc) is 2.81. The van der Waals surface area contributed by atoms with Gasteiger partial charge in [0.25, 0.3) is 0 Å². The number of ether oxygens (including phenoxy) is 1. The molecule has 0 fully saturated rings. The Bertz CT molecular complexity index is 1210. The van der Waals surface area contributed by atoms with Crippen LogP contribution in [-0.2, 0) is 21.4 Å². The number of hydrogen-bond donors (Lipinski definition) is 2. The summed E-state index contributed by atoms with van der Waals surface area (Å²) in [5.41, 5.74) is 2.11. The highest BCUT2D eigenvalue weighted by atomic mass is 32.2. The third-order valence-corrected chi connectivity index (χ3v) is 5.74. The molecule has 0 radical (unpaired) electrons. The van der Waals surface area contributed by atoms with E-state index in [-0.39, 0.29) is 10.7 Å². The number of rotatable bonds is 10. The lowest BCUT2D eigenvalue weighted by Gasteiger charge is -2.06. The van der Waals surface area contributed by atoms with E-state index in [2.05, 4.69) is 4.98 Å². The zero-order valence-electron chi connectivity index (χ0n) is 16.8. The Kier molecular flexibility index (Phi) is 7.48. The first kappa shape index (κ1) is 22.9. The minimum atomic E-state index is -3.95. The molecule has 1 aromatic heterocycles. The van der Waals surface area contributed by atoms with Crippen molar-refractivity contribution in [2.24, 2.45) is 0 Å². The third-order valence-electron chi connectivity index (χ3n) is 4.32. The molecular formula is C23H20N2O6S. The normalized spacial score (nSPS) is 11.4. The number of aromatic nitrogens is 1. The topological polar surface area (TPSA) is 123 Å². The van der Waals surface area contributed by atoms with Crippen LogP contribution in [0.3, 0.4) is 0 Å². The number of aliphatic carboxylic acids is 1. The SMILES string of the molecule is O=C(O)CNS(=O)(=O)c1ccc(C(=O)/C=C/c2ccc(OCc3ccncc3)cc2)cc1. The Morgan fingerprint density at radius 3 is 2.25 bits per heavy atom. The van der Waals surface area contributed by atoms with Crippen LogP contribution in [-0.4, -0.2) is 36.8 Å². The molecule has 0 unspecified atom stereocenters. The van der Waals surface area contributed by atoms with Crippen LogP contribution < -0.4 is 9.46 Å². The van der Waals surface area contributed by atoms with Crippen molar-refractivity contribution in [1.82, 2.24) is 9.71 Å². The van der Waals surface area contributed by atoms with E-state index in [9.17, 15) is 18.0 Å². The minimum absolute atomic E-state index is 0.123. The van der Waals surface area contributed by atoms with Gasteiger partial charge in [-0.1, -0.05) is 18.2 Å². The van der Waals surface area contributed by atoms with Crippen LogP contribution in [0.25, 0.3) is 6.08 Å². The highest BCUT2D eigenvalue weighted by molar-refractivity contribution is 7.89. The van der Waals surface area contributed by atoms with Gasteiger partial charge >= 0.3 is 5.97 Å². The lowest BCUT2D eigenvalue weighted by Crippen LogP contribution is -2.29. The number of benzene rings is 2. The summed E-state index contributed by atoms with van der Waals surface area (Å²) in [7, 11) is -3.95. The number of carboxylic acid groups (broad SMARTS) is 1. The van der Waals surface area contributed by atoms with E-state index < -0.39 is 22.5 Å².